The molecule has 0 aromatic carbocycles. The molecule has 0 aromatic rings. The Morgan fingerprint density at radius 1 is 1.12 bits per heavy atom. The molecule has 3 fully saturated rings. The summed E-state index contributed by atoms with van der Waals surface area (Å²) in [7, 11) is 0. The van der Waals surface area contributed by atoms with E-state index in [1.54, 1.807) is 5.57 Å². The zero-order valence-electron chi connectivity index (χ0n) is 16.2. The highest BCUT2D eigenvalue weighted by Crippen LogP contribution is 2.65. The second-order valence-electron chi connectivity index (χ2n) is 9.75. The van der Waals surface area contributed by atoms with Gasteiger partial charge in [-0.1, -0.05) is 25.5 Å². The maximum Gasteiger partial charge on any atom is 0.0596 e. The van der Waals surface area contributed by atoms with Gasteiger partial charge in [0.2, 0.25) is 0 Å². The number of hydrogen-bond donors (Lipinski definition) is 2. The Kier molecular flexibility index (Phi) is 5.05. The fourth-order valence-electron chi connectivity index (χ4n) is 7.12. The van der Waals surface area contributed by atoms with Crippen LogP contribution in [0.2, 0.25) is 0 Å². The molecule has 0 saturated heterocycles. The maximum absolute atomic E-state index is 10.6. The molecule has 3 saturated carbocycles. The van der Waals surface area contributed by atoms with Crippen molar-refractivity contribution < 1.29 is 5.11 Å². The second kappa shape index (κ2) is 6.87. The zero-order valence-corrected chi connectivity index (χ0v) is 17.0. The average Bonchev–Trinajstić information content (AvgIpc) is 2.90. The van der Waals surface area contributed by atoms with E-state index in [1.807, 2.05) is 0 Å². The second-order valence-corrected chi connectivity index (χ2v) is 11.1. The van der Waals surface area contributed by atoms with Gasteiger partial charge in [0, 0.05) is 5.25 Å². The standard InChI is InChI=1S/C22H37NOS/c1-21-10-8-16(25-13-3-12-23)14-15(21)4-5-17-18-6-7-20(24)22(18,2)11-9-19(17)21/h14,16-20,24H,3-13,23H2,1-2H3. The van der Waals surface area contributed by atoms with Crippen LogP contribution >= 0.6 is 11.8 Å². The topological polar surface area (TPSA) is 46.2 Å². The number of aliphatic hydroxyl groups is 1. The average molecular weight is 364 g/mol. The number of fused-ring (bicyclic) bond motifs is 5. The van der Waals surface area contributed by atoms with Gasteiger partial charge in [-0.25, -0.2) is 0 Å². The first-order valence-corrected chi connectivity index (χ1v) is 11.7. The molecule has 0 amide bonds. The Morgan fingerprint density at radius 3 is 2.76 bits per heavy atom. The Labute approximate surface area is 158 Å². The molecule has 4 rings (SSSR count). The van der Waals surface area contributed by atoms with Crippen molar-refractivity contribution in [2.24, 2.45) is 34.3 Å². The highest BCUT2D eigenvalue weighted by molar-refractivity contribution is 8.00. The third-order valence-corrected chi connectivity index (χ3v) is 10.0. The highest BCUT2D eigenvalue weighted by atomic mass is 32.2. The van der Waals surface area contributed by atoms with Crippen LogP contribution in [0.4, 0.5) is 0 Å². The summed E-state index contributed by atoms with van der Waals surface area (Å²) in [5, 5.41) is 11.3. The predicted octanol–water partition coefficient (Wildman–Crippen LogP) is 4.76. The summed E-state index contributed by atoms with van der Waals surface area (Å²) in [6, 6.07) is 0. The van der Waals surface area contributed by atoms with Crippen LogP contribution in [0.1, 0.15) is 71.6 Å². The number of thioether (sulfide) groups is 1. The van der Waals surface area contributed by atoms with Crippen molar-refractivity contribution in [3.8, 4) is 0 Å². The van der Waals surface area contributed by atoms with E-state index in [4.69, 9.17) is 5.73 Å². The molecule has 0 spiro atoms. The number of nitrogens with two attached hydrogens (primary N) is 1. The lowest BCUT2D eigenvalue weighted by molar-refractivity contribution is -0.0735. The van der Waals surface area contributed by atoms with Crippen molar-refractivity contribution in [3.63, 3.8) is 0 Å². The van der Waals surface area contributed by atoms with Crippen molar-refractivity contribution in [1.29, 1.82) is 0 Å². The third-order valence-electron chi connectivity index (χ3n) is 8.70. The van der Waals surface area contributed by atoms with E-state index in [2.05, 4.69) is 31.7 Å². The van der Waals surface area contributed by atoms with Crippen LogP contribution in [0.15, 0.2) is 11.6 Å². The lowest BCUT2D eigenvalue weighted by Gasteiger charge is -2.58. The quantitative estimate of drug-likeness (QED) is 0.559. The molecular formula is C22H37NOS. The van der Waals surface area contributed by atoms with Crippen LogP contribution < -0.4 is 5.73 Å². The van der Waals surface area contributed by atoms with Gasteiger partial charge in [-0.15, -0.1) is 0 Å². The molecule has 3 N–H and O–H groups in total. The van der Waals surface area contributed by atoms with Crippen LogP contribution in [0.25, 0.3) is 0 Å². The normalized spacial score (nSPS) is 49.1. The lowest BCUT2D eigenvalue weighted by Crippen LogP contribution is -2.51. The minimum Gasteiger partial charge on any atom is -0.393 e. The molecule has 0 bridgehead atoms. The van der Waals surface area contributed by atoms with Crippen LogP contribution in [-0.2, 0) is 0 Å². The van der Waals surface area contributed by atoms with Crippen molar-refractivity contribution in [3.05, 3.63) is 11.6 Å². The first-order chi connectivity index (χ1) is 12.0. The monoisotopic (exact) mass is 363 g/mol. The van der Waals surface area contributed by atoms with E-state index in [0.29, 0.717) is 5.41 Å². The van der Waals surface area contributed by atoms with Gasteiger partial charge in [0.25, 0.3) is 0 Å². The number of aliphatic hydroxyl groups excluding tert-OH is 1. The Balaban J connectivity index is 1.52. The first kappa shape index (κ1) is 18.4. The molecule has 4 aliphatic rings. The number of hydrogen-bond acceptors (Lipinski definition) is 3. The fraction of sp³-hybridized carbons (Fsp3) is 0.909. The van der Waals surface area contributed by atoms with Gasteiger partial charge in [0.15, 0.2) is 0 Å². The summed E-state index contributed by atoms with van der Waals surface area (Å²) in [6.45, 7) is 5.80. The fourth-order valence-corrected chi connectivity index (χ4v) is 8.30. The molecule has 25 heavy (non-hydrogen) atoms. The summed E-state index contributed by atoms with van der Waals surface area (Å²) in [6.07, 6.45) is 14.1. The van der Waals surface area contributed by atoms with Gasteiger partial charge >= 0.3 is 0 Å². The molecular weight excluding hydrogens is 326 g/mol. The summed E-state index contributed by atoms with van der Waals surface area (Å²) in [5.74, 6) is 3.72. The summed E-state index contributed by atoms with van der Waals surface area (Å²) < 4.78 is 0. The van der Waals surface area contributed by atoms with E-state index in [0.717, 1.165) is 42.4 Å². The van der Waals surface area contributed by atoms with Crippen LogP contribution in [-0.4, -0.2) is 28.8 Å². The minimum absolute atomic E-state index is 0.0436. The molecule has 7 unspecified atom stereocenters. The van der Waals surface area contributed by atoms with Crippen molar-refractivity contribution in [2.75, 3.05) is 12.3 Å². The summed E-state index contributed by atoms with van der Waals surface area (Å²) in [5.41, 5.74) is 8.11. The van der Waals surface area contributed by atoms with Crippen LogP contribution in [0.5, 0.6) is 0 Å². The molecule has 2 nitrogen and oxygen atoms in total. The van der Waals surface area contributed by atoms with Gasteiger partial charge in [-0.3, -0.25) is 0 Å². The third kappa shape index (κ3) is 2.93. The summed E-state index contributed by atoms with van der Waals surface area (Å²) >= 11 is 2.13. The van der Waals surface area contributed by atoms with Crippen molar-refractivity contribution >= 4 is 11.8 Å². The number of allylic oxidation sites excluding steroid dienone is 1. The van der Waals surface area contributed by atoms with Crippen molar-refractivity contribution in [2.45, 2.75) is 83.0 Å². The highest BCUT2D eigenvalue weighted by Gasteiger charge is 2.58. The molecule has 0 aliphatic heterocycles. The van der Waals surface area contributed by atoms with Crippen LogP contribution in [0, 0.1) is 28.6 Å². The SMILES string of the molecule is CC12CCC(SCCCN)C=C1CCC1C2CCC2(C)C(O)CCC12. The predicted molar refractivity (Wildman–Crippen MR) is 108 cm³/mol. The first-order valence-electron chi connectivity index (χ1n) is 10.7. The largest absolute Gasteiger partial charge is 0.393 e. The van der Waals surface area contributed by atoms with E-state index >= 15 is 0 Å². The van der Waals surface area contributed by atoms with Gasteiger partial charge in [0.1, 0.15) is 0 Å². The zero-order chi connectivity index (χ0) is 17.7. The smallest absolute Gasteiger partial charge is 0.0596 e. The van der Waals surface area contributed by atoms with E-state index in [9.17, 15) is 5.11 Å². The Hall–Kier alpha value is 0.01000. The lowest BCUT2D eigenvalue weighted by atomic mass is 9.47. The van der Waals surface area contributed by atoms with Gasteiger partial charge in [-0.05, 0) is 98.7 Å². The Morgan fingerprint density at radius 2 is 1.96 bits per heavy atom. The van der Waals surface area contributed by atoms with Gasteiger partial charge in [-0.2, -0.15) is 11.8 Å². The molecule has 7 atom stereocenters. The van der Waals surface area contributed by atoms with E-state index in [1.165, 1.54) is 50.7 Å². The Bertz CT molecular complexity index is 534. The molecule has 3 heteroatoms. The maximum atomic E-state index is 10.6. The molecule has 0 radical (unpaired) electrons. The van der Waals surface area contributed by atoms with E-state index < -0.39 is 0 Å². The summed E-state index contributed by atoms with van der Waals surface area (Å²) in [4.78, 5) is 0. The molecule has 4 aliphatic carbocycles. The van der Waals surface area contributed by atoms with Gasteiger partial charge in [0.05, 0.1) is 6.10 Å². The van der Waals surface area contributed by atoms with Gasteiger partial charge < -0.3 is 10.8 Å². The van der Waals surface area contributed by atoms with Crippen LogP contribution in [0.3, 0.4) is 0 Å². The number of rotatable bonds is 4. The van der Waals surface area contributed by atoms with Crippen molar-refractivity contribution in [1.82, 2.24) is 0 Å². The molecule has 142 valence electrons. The van der Waals surface area contributed by atoms with E-state index in [-0.39, 0.29) is 11.5 Å². The molecule has 0 heterocycles. The minimum atomic E-state index is -0.0436. The molecule has 0 aromatic heterocycles.